The third-order valence-electron chi connectivity index (χ3n) is 2.56. The highest BCUT2D eigenvalue weighted by molar-refractivity contribution is 5.82. The van der Waals surface area contributed by atoms with Gasteiger partial charge in [0.05, 0.1) is 6.54 Å². The summed E-state index contributed by atoms with van der Waals surface area (Å²) in [5.41, 5.74) is 0.355. The number of hydrogen-bond acceptors (Lipinski definition) is 4. The Labute approximate surface area is 109 Å². The molecule has 1 aromatic carbocycles. The van der Waals surface area contributed by atoms with Crippen LogP contribution in [0.2, 0.25) is 0 Å². The lowest BCUT2D eigenvalue weighted by molar-refractivity contribution is -0.131. The van der Waals surface area contributed by atoms with E-state index < -0.39 is 11.8 Å². The van der Waals surface area contributed by atoms with Gasteiger partial charge in [-0.1, -0.05) is 30.3 Å². The van der Waals surface area contributed by atoms with Crippen LogP contribution in [0, 0.1) is 0 Å². The molecular weight excluding hydrogens is 248 g/mol. The van der Waals surface area contributed by atoms with Gasteiger partial charge in [-0.05, 0) is 5.56 Å². The quantitative estimate of drug-likeness (QED) is 0.711. The predicted octanol–water partition coefficient (Wildman–Crippen LogP) is 0.102. The van der Waals surface area contributed by atoms with Crippen molar-refractivity contribution in [3.8, 4) is 0 Å². The van der Waals surface area contributed by atoms with Crippen molar-refractivity contribution in [2.24, 2.45) is 0 Å². The SMILES string of the molecule is CO[C@@H](C(=O)NCc1n[nH]c(=O)[nH]1)c1ccccc1. The van der Waals surface area contributed by atoms with Gasteiger partial charge in [0.2, 0.25) is 0 Å². The van der Waals surface area contributed by atoms with E-state index in [-0.39, 0.29) is 12.5 Å². The van der Waals surface area contributed by atoms with E-state index in [2.05, 4.69) is 20.5 Å². The molecule has 1 amide bonds. The van der Waals surface area contributed by atoms with Gasteiger partial charge >= 0.3 is 5.69 Å². The third kappa shape index (κ3) is 3.29. The number of nitrogens with zero attached hydrogens (tertiary/aromatic N) is 1. The molecular formula is C12H14N4O3. The number of H-pyrrole nitrogens is 2. The minimum atomic E-state index is -0.688. The van der Waals surface area contributed by atoms with Crippen LogP contribution in [0.4, 0.5) is 0 Å². The van der Waals surface area contributed by atoms with Crippen LogP contribution >= 0.6 is 0 Å². The monoisotopic (exact) mass is 262 g/mol. The molecule has 0 unspecified atom stereocenters. The lowest BCUT2D eigenvalue weighted by atomic mass is 10.1. The zero-order chi connectivity index (χ0) is 13.7. The van der Waals surface area contributed by atoms with Crippen molar-refractivity contribution in [3.63, 3.8) is 0 Å². The van der Waals surface area contributed by atoms with Gasteiger partial charge in [-0.25, -0.2) is 9.89 Å². The van der Waals surface area contributed by atoms with E-state index in [1.54, 1.807) is 0 Å². The largest absolute Gasteiger partial charge is 0.367 e. The number of methoxy groups -OCH3 is 1. The van der Waals surface area contributed by atoms with Crippen LogP contribution in [0.3, 0.4) is 0 Å². The molecule has 1 aromatic heterocycles. The maximum atomic E-state index is 12.0. The first kappa shape index (κ1) is 13.0. The van der Waals surface area contributed by atoms with Gasteiger partial charge in [-0.2, -0.15) is 5.10 Å². The Bertz CT molecular complexity index is 590. The number of ether oxygens (including phenoxy) is 1. The summed E-state index contributed by atoms with van der Waals surface area (Å²) < 4.78 is 5.18. The van der Waals surface area contributed by atoms with E-state index in [1.807, 2.05) is 30.3 Å². The number of benzene rings is 1. The van der Waals surface area contributed by atoms with Crippen LogP contribution in [0.15, 0.2) is 35.1 Å². The molecule has 7 nitrogen and oxygen atoms in total. The van der Waals surface area contributed by atoms with E-state index in [0.29, 0.717) is 5.82 Å². The molecule has 19 heavy (non-hydrogen) atoms. The number of aromatic amines is 2. The van der Waals surface area contributed by atoms with Crippen molar-refractivity contribution in [1.82, 2.24) is 20.5 Å². The standard InChI is InChI=1S/C12H14N4O3/c1-19-10(8-5-3-2-4-6-8)11(17)13-7-9-14-12(18)16-15-9/h2-6,10H,7H2,1H3,(H,13,17)(H2,14,15,16,18)/t10-/m1/s1. The minimum absolute atomic E-state index is 0.129. The van der Waals surface area contributed by atoms with Gasteiger partial charge in [0.25, 0.3) is 5.91 Å². The molecule has 0 radical (unpaired) electrons. The molecule has 3 N–H and O–H groups in total. The van der Waals surface area contributed by atoms with E-state index in [9.17, 15) is 9.59 Å². The number of hydrogen-bond donors (Lipinski definition) is 3. The minimum Gasteiger partial charge on any atom is -0.367 e. The zero-order valence-corrected chi connectivity index (χ0v) is 10.3. The Balaban J connectivity index is 2.00. The number of carbonyl (C=O) groups is 1. The molecule has 0 spiro atoms. The van der Waals surface area contributed by atoms with Crippen molar-refractivity contribution < 1.29 is 9.53 Å². The topological polar surface area (TPSA) is 99.9 Å². The first-order valence-electron chi connectivity index (χ1n) is 5.69. The van der Waals surface area contributed by atoms with Gasteiger partial charge < -0.3 is 10.1 Å². The molecule has 2 rings (SSSR count). The Kier molecular flexibility index (Phi) is 4.09. The normalized spacial score (nSPS) is 12.1. The van der Waals surface area contributed by atoms with E-state index in [4.69, 9.17) is 4.74 Å². The van der Waals surface area contributed by atoms with Crippen LogP contribution in [-0.2, 0) is 16.1 Å². The van der Waals surface area contributed by atoms with Crippen molar-refractivity contribution in [1.29, 1.82) is 0 Å². The molecule has 2 aromatic rings. The van der Waals surface area contributed by atoms with Crippen molar-refractivity contribution in [2.45, 2.75) is 12.6 Å². The molecule has 0 aliphatic rings. The molecule has 0 saturated carbocycles. The second-order valence-electron chi connectivity index (χ2n) is 3.87. The molecule has 100 valence electrons. The summed E-state index contributed by atoms with van der Waals surface area (Å²) in [4.78, 5) is 25.3. The molecule has 0 aliphatic carbocycles. The van der Waals surface area contributed by atoms with Crippen LogP contribution in [-0.4, -0.2) is 28.2 Å². The summed E-state index contributed by atoms with van der Waals surface area (Å²) in [6.45, 7) is 0.129. The highest BCUT2D eigenvalue weighted by Gasteiger charge is 2.19. The maximum absolute atomic E-state index is 12.0. The van der Waals surface area contributed by atoms with Crippen LogP contribution < -0.4 is 11.0 Å². The molecule has 0 saturated heterocycles. The number of nitrogens with one attached hydrogen (secondary N) is 3. The van der Waals surface area contributed by atoms with Gasteiger partial charge in [-0.3, -0.25) is 9.78 Å². The van der Waals surface area contributed by atoms with Gasteiger partial charge in [-0.15, -0.1) is 0 Å². The fourth-order valence-electron chi connectivity index (χ4n) is 1.67. The van der Waals surface area contributed by atoms with E-state index in [1.165, 1.54) is 7.11 Å². The fourth-order valence-corrected chi connectivity index (χ4v) is 1.67. The number of aromatic nitrogens is 3. The number of rotatable bonds is 5. The Morgan fingerprint density at radius 2 is 2.16 bits per heavy atom. The first-order valence-corrected chi connectivity index (χ1v) is 5.69. The number of amides is 1. The lowest BCUT2D eigenvalue weighted by Gasteiger charge is -2.14. The average Bonchev–Trinajstić information content (AvgIpc) is 2.84. The molecule has 1 heterocycles. The van der Waals surface area contributed by atoms with Crippen molar-refractivity contribution in [3.05, 3.63) is 52.2 Å². The smallest absolute Gasteiger partial charge is 0.340 e. The van der Waals surface area contributed by atoms with E-state index >= 15 is 0 Å². The Hall–Kier alpha value is -2.41. The van der Waals surface area contributed by atoms with Crippen LogP contribution in [0.1, 0.15) is 17.5 Å². The fraction of sp³-hybridized carbons (Fsp3) is 0.250. The summed E-state index contributed by atoms with van der Waals surface area (Å²) >= 11 is 0. The van der Waals surface area contributed by atoms with Gasteiger partial charge in [0, 0.05) is 7.11 Å². The van der Waals surface area contributed by atoms with Crippen molar-refractivity contribution >= 4 is 5.91 Å². The first-order chi connectivity index (χ1) is 9.20. The van der Waals surface area contributed by atoms with Crippen molar-refractivity contribution in [2.75, 3.05) is 7.11 Å². The van der Waals surface area contributed by atoms with Crippen LogP contribution in [0.25, 0.3) is 0 Å². The zero-order valence-electron chi connectivity index (χ0n) is 10.3. The predicted molar refractivity (Wildman–Crippen MR) is 67.2 cm³/mol. The van der Waals surface area contributed by atoms with Gasteiger partial charge in [0.1, 0.15) is 5.82 Å². The molecule has 0 aliphatic heterocycles. The highest BCUT2D eigenvalue weighted by Crippen LogP contribution is 2.16. The number of carbonyl (C=O) groups excluding carboxylic acids is 1. The average molecular weight is 262 g/mol. The molecule has 0 bridgehead atoms. The Morgan fingerprint density at radius 1 is 1.42 bits per heavy atom. The van der Waals surface area contributed by atoms with E-state index in [0.717, 1.165) is 5.56 Å². The summed E-state index contributed by atoms with van der Waals surface area (Å²) in [6.07, 6.45) is -0.688. The summed E-state index contributed by atoms with van der Waals surface area (Å²) in [5.74, 6) is 0.0683. The second kappa shape index (κ2) is 5.96. The van der Waals surface area contributed by atoms with Crippen LogP contribution in [0.5, 0.6) is 0 Å². The highest BCUT2D eigenvalue weighted by atomic mass is 16.5. The molecule has 7 heteroatoms. The Morgan fingerprint density at radius 3 is 2.74 bits per heavy atom. The lowest BCUT2D eigenvalue weighted by Crippen LogP contribution is -2.30. The third-order valence-corrected chi connectivity index (χ3v) is 2.56. The van der Waals surface area contributed by atoms with Gasteiger partial charge in [0.15, 0.2) is 6.10 Å². The molecule has 1 atom stereocenters. The summed E-state index contributed by atoms with van der Waals surface area (Å²) in [6, 6.07) is 9.15. The summed E-state index contributed by atoms with van der Waals surface area (Å²) in [5, 5.41) is 8.57. The second-order valence-corrected chi connectivity index (χ2v) is 3.87. The summed E-state index contributed by atoms with van der Waals surface area (Å²) in [7, 11) is 1.47. The maximum Gasteiger partial charge on any atom is 0.340 e. The molecule has 0 fully saturated rings.